The van der Waals surface area contributed by atoms with E-state index < -0.39 is 5.91 Å². The number of furan rings is 1. The molecule has 122 valence electrons. The van der Waals surface area contributed by atoms with Crippen molar-refractivity contribution in [2.45, 2.75) is 38.8 Å². The third kappa shape index (κ3) is 3.53. The number of carbonyl (C=O) groups excluding carboxylic acids is 2. The lowest BCUT2D eigenvalue weighted by Crippen LogP contribution is -2.28. The van der Waals surface area contributed by atoms with Crippen molar-refractivity contribution in [3.05, 3.63) is 35.4 Å². The molecule has 1 aliphatic rings. The maximum atomic E-state index is 11.9. The minimum Gasteiger partial charge on any atom is -0.454 e. The number of nitrogens with one attached hydrogen (secondary N) is 2. The number of primary amides is 1. The zero-order valence-corrected chi connectivity index (χ0v) is 12.8. The van der Waals surface area contributed by atoms with Gasteiger partial charge in [-0.2, -0.15) is 5.10 Å². The van der Waals surface area contributed by atoms with Crippen LogP contribution in [0.3, 0.4) is 0 Å². The van der Waals surface area contributed by atoms with Crippen LogP contribution < -0.4 is 16.4 Å². The number of carbonyl (C=O) groups is 2. The molecule has 8 heteroatoms. The summed E-state index contributed by atoms with van der Waals surface area (Å²) in [4.78, 5) is 22.9. The van der Waals surface area contributed by atoms with Crippen LogP contribution in [0.4, 0.5) is 10.6 Å². The van der Waals surface area contributed by atoms with Crippen LogP contribution in [0.5, 0.6) is 0 Å². The first-order chi connectivity index (χ1) is 11.1. The molecule has 0 radical (unpaired) electrons. The van der Waals surface area contributed by atoms with E-state index in [2.05, 4.69) is 15.7 Å². The summed E-state index contributed by atoms with van der Waals surface area (Å²) in [5.74, 6) is 0.975. The number of hydrogen-bond acceptors (Lipinski definition) is 4. The molecule has 0 aromatic carbocycles. The molecule has 1 fully saturated rings. The third-order valence-electron chi connectivity index (χ3n) is 3.68. The van der Waals surface area contributed by atoms with Crippen molar-refractivity contribution in [3.8, 4) is 0 Å². The molecule has 1 saturated carbocycles. The Kier molecular flexibility index (Phi) is 4.05. The second-order valence-corrected chi connectivity index (χ2v) is 5.48. The number of hydrogen-bond donors (Lipinski definition) is 3. The van der Waals surface area contributed by atoms with E-state index in [0.717, 1.165) is 6.54 Å². The van der Waals surface area contributed by atoms with Crippen molar-refractivity contribution < 1.29 is 14.0 Å². The molecule has 4 N–H and O–H groups in total. The van der Waals surface area contributed by atoms with Crippen molar-refractivity contribution >= 4 is 17.8 Å². The number of aryl methyl sites for hydroxylation is 1. The van der Waals surface area contributed by atoms with Gasteiger partial charge in [-0.15, -0.1) is 0 Å². The highest BCUT2D eigenvalue weighted by molar-refractivity contribution is 5.90. The monoisotopic (exact) mass is 317 g/mol. The van der Waals surface area contributed by atoms with Crippen LogP contribution in [0.15, 0.2) is 22.6 Å². The van der Waals surface area contributed by atoms with E-state index in [1.165, 1.54) is 24.6 Å². The smallest absolute Gasteiger partial charge is 0.320 e. The first-order valence-corrected chi connectivity index (χ1v) is 7.58. The number of urea groups is 1. The largest absolute Gasteiger partial charge is 0.454 e. The molecule has 2 aromatic heterocycles. The molecule has 0 atom stereocenters. The average molecular weight is 317 g/mol. The van der Waals surface area contributed by atoms with E-state index in [9.17, 15) is 9.59 Å². The molecule has 0 unspecified atom stereocenters. The van der Waals surface area contributed by atoms with E-state index in [0.29, 0.717) is 17.5 Å². The van der Waals surface area contributed by atoms with E-state index in [1.807, 2.05) is 17.7 Å². The average Bonchev–Trinajstić information content (AvgIpc) is 3.10. The summed E-state index contributed by atoms with van der Waals surface area (Å²) in [7, 11) is 0. The highest BCUT2D eigenvalue weighted by Gasteiger charge is 2.28. The molecule has 23 heavy (non-hydrogen) atoms. The van der Waals surface area contributed by atoms with Gasteiger partial charge in [0.05, 0.1) is 6.54 Å². The first-order valence-electron chi connectivity index (χ1n) is 7.58. The molecule has 0 spiro atoms. The number of anilines is 1. The SMILES string of the molecule is CCn1nc(NC(=O)NCc2ccc(C(N)=O)o2)cc1C1CC1. The van der Waals surface area contributed by atoms with Gasteiger partial charge in [-0.3, -0.25) is 14.8 Å². The number of aromatic nitrogens is 2. The predicted molar refractivity (Wildman–Crippen MR) is 83.0 cm³/mol. The zero-order chi connectivity index (χ0) is 16.4. The Hall–Kier alpha value is -2.77. The molecule has 1 aliphatic carbocycles. The topological polar surface area (TPSA) is 115 Å². The van der Waals surface area contributed by atoms with Crippen molar-refractivity contribution in [1.29, 1.82) is 0 Å². The molecular formula is C15H19N5O3. The Morgan fingerprint density at radius 3 is 2.83 bits per heavy atom. The Morgan fingerprint density at radius 2 is 2.22 bits per heavy atom. The van der Waals surface area contributed by atoms with Gasteiger partial charge in [0.25, 0.3) is 5.91 Å². The van der Waals surface area contributed by atoms with E-state index in [1.54, 1.807) is 6.07 Å². The Labute approximate surface area is 133 Å². The molecule has 3 amide bonds. The van der Waals surface area contributed by atoms with Crippen LogP contribution >= 0.6 is 0 Å². The summed E-state index contributed by atoms with van der Waals surface area (Å²) < 4.78 is 7.10. The first kappa shape index (κ1) is 15.1. The van der Waals surface area contributed by atoms with Gasteiger partial charge in [0.15, 0.2) is 11.6 Å². The number of rotatable bonds is 6. The van der Waals surface area contributed by atoms with Gasteiger partial charge in [0, 0.05) is 24.2 Å². The lowest BCUT2D eigenvalue weighted by atomic mass is 10.3. The summed E-state index contributed by atoms with van der Waals surface area (Å²) in [6.45, 7) is 2.95. The molecule has 0 bridgehead atoms. The van der Waals surface area contributed by atoms with Crippen molar-refractivity contribution in [1.82, 2.24) is 15.1 Å². The number of nitrogens with zero attached hydrogens (tertiary/aromatic N) is 2. The fourth-order valence-electron chi connectivity index (χ4n) is 2.39. The number of amides is 3. The summed E-state index contributed by atoms with van der Waals surface area (Å²) in [5.41, 5.74) is 6.27. The minimum absolute atomic E-state index is 0.0676. The lowest BCUT2D eigenvalue weighted by Gasteiger charge is -2.03. The van der Waals surface area contributed by atoms with Crippen LogP contribution in [-0.4, -0.2) is 21.7 Å². The molecular weight excluding hydrogens is 298 g/mol. The summed E-state index contributed by atoms with van der Waals surface area (Å²) in [6, 6.07) is 4.60. The second-order valence-electron chi connectivity index (χ2n) is 5.48. The van der Waals surface area contributed by atoms with Gasteiger partial charge in [-0.25, -0.2) is 4.79 Å². The highest BCUT2D eigenvalue weighted by Crippen LogP contribution is 2.40. The van der Waals surface area contributed by atoms with E-state index in [4.69, 9.17) is 10.2 Å². The standard InChI is InChI=1S/C15H19N5O3/c1-2-20-11(9-3-4-9)7-13(19-20)18-15(22)17-8-10-5-6-12(23-10)14(16)21/h5-7,9H,2-4,8H2,1H3,(H2,16,21)(H2,17,18,19,22). The van der Waals surface area contributed by atoms with E-state index in [-0.39, 0.29) is 18.3 Å². The Balaban J connectivity index is 1.55. The van der Waals surface area contributed by atoms with E-state index >= 15 is 0 Å². The van der Waals surface area contributed by atoms with Gasteiger partial charge < -0.3 is 15.5 Å². The molecule has 0 aliphatic heterocycles. The molecule has 0 saturated heterocycles. The number of nitrogens with two attached hydrogens (primary N) is 1. The lowest BCUT2D eigenvalue weighted by molar-refractivity contribution is 0.0972. The van der Waals surface area contributed by atoms with Crippen molar-refractivity contribution in [2.24, 2.45) is 5.73 Å². The van der Waals surface area contributed by atoms with Gasteiger partial charge in [0.2, 0.25) is 0 Å². The summed E-state index contributed by atoms with van der Waals surface area (Å²) >= 11 is 0. The Bertz CT molecular complexity index is 729. The van der Waals surface area contributed by atoms with Gasteiger partial charge in [-0.1, -0.05) is 0 Å². The predicted octanol–water partition coefficient (Wildman–Crippen LogP) is 1.79. The second kappa shape index (κ2) is 6.15. The maximum absolute atomic E-state index is 11.9. The zero-order valence-electron chi connectivity index (χ0n) is 12.8. The molecule has 2 aromatic rings. The molecule has 8 nitrogen and oxygen atoms in total. The normalized spacial score (nSPS) is 13.8. The highest BCUT2D eigenvalue weighted by atomic mass is 16.4. The van der Waals surface area contributed by atoms with Crippen LogP contribution in [0.2, 0.25) is 0 Å². The fourth-order valence-corrected chi connectivity index (χ4v) is 2.39. The summed E-state index contributed by atoms with van der Waals surface area (Å²) in [6.07, 6.45) is 2.36. The van der Waals surface area contributed by atoms with Crippen molar-refractivity contribution in [3.63, 3.8) is 0 Å². The van der Waals surface area contributed by atoms with Crippen LogP contribution in [0.25, 0.3) is 0 Å². The van der Waals surface area contributed by atoms with Crippen molar-refractivity contribution in [2.75, 3.05) is 5.32 Å². The Morgan fingerprint density at radius 1 is 1.43 bits per heavy atom. The van der Waals surface area contributed by atoms with Gasteiger partial charge in [-0.05, 0) is 31.9 Å². The summed E-state index contributed by atoms with van der Waals surface area (Å²) in [5, 5.41) is 9.72. The fraction of sp³-hybridized carbons (Fsp3) is 0.400. The van der Waals surface area contributed by atoms with Crippen LogP contribution in [0, 0.1) is 0 Å². The van der Waals surface area contributed by atoms with Gasteiger partial charge >= 0.3 is 6.03 Å². The van der Waals surface area contributed by atoms with Crippen LogP contribution in [-0.2, 0) is 13.1 Å². The van der Waals surface area contributed by atoms with Gasteiger partial charge in [0.1, 0.15) is 5.76 Å². The third-order valence-corrected chi connectivity index (χ3v) is 3.68. The van der Waals surface area contributed by atoms with Crippen LogP contribution in [0.1, 0.15) is 47.7 Å². The molecule has 2 heterocycles. The maximum Gasteiger partial charge on any atom is 0.320 e. The quantitative estimate of drug-likeness (QED) is 0.753. The minimum atomic E-state index is -0.640. The molecule has 3 rings (SSSR count).